The largest absolute Gasteiger partial charge is 0.851 e. The van der Waals surface area contributed by atoms with Gasteiger partial charge in [-0.3, -0.25) is 0 Å². The normalized spacial score (nSPS) is 21.0. The third-order valence-corrected chi connectivity index (χ3v) is 8.58. The van der Waals surface area contributed by atoms with Crippen molar-refractivity contribution in [3.8, 4) is 0 Å². The van der Waals surface area contributed by atoms with Crippen LogP contribution in [-0.2, 0) is 0 Å². The van der Waals surface area contributed by atoms with Crippen LogP contribution in [0.2, 0.25) is 0 Å². The number of fused-ring (bicyclic) bond motifs is 4. The highest BCUT2D eigenvalue weighted by Gasteiger charge is 2.42. The standard InChI is InChI=1S/C34H29N3O2/c1-37(2)32-22-13-7-15-24(35)27(22)29(28-23(32)14-8-16-25(28)36)31-33(38)30(34(31)39)26-20-11-5-3-9-18(20)17-19-10-4-6-12-21(19)26/h3-17,30-31,33-34H,35-36H2,1-2H3/q-2. The van der Waals surface area contributed by atoms with E-state index >= 15 is 0 Å². The van der Waals surface area contributed by atoms with E-state index in [-0.39, 0.29) is 0 Å². The van der Waals surface area contributed by atoms with Gasteiger partial charge < -0.3 is 26.6 Å². The Morgan fingerprint density at radius 2 is 1.00 bits per heavy atom. The Hall–Kier alpha value is -4.32. The van der Waals surface area contributed by atoms with Crippen LogP contribution < -0.4 is 26.6 Å². The molecular formula is C34H29N3O2-2. The zero-order valence-corrected chi connectivity index (χ0v) is 21.9. The smallest absolute Gasteiger partial charge is 0.0522 e. The van der Waals surface area contributed by atoms with Gasteiger partial charge >= 0.3 is 0 Å². The van der Waals surface area contributed by atoms with Crippen molar-refractivity contribution in [1.29, 1.82) is 0 Å². The fourth-order valence-corrected chi connectivity index (χ4v) is 6.96. The van der Waals surface area contributed by atoms with Crippen molar-refractivity contribution in [1.82, 2.24) is 0 Å². The molecular weight excluding hydrogens is 482 g/mol. The van der Waals surface area contributed by atoms with Crippen molar-refractivity contribution in [2.45, 2.75) is 24.0 Å². The van der Waals surface area contributed by atoms with Gasteiger partial charge in [0.15, 0.2) is 0 Å². The van der Waals surface area contributed by atoms with E-state index < -0.39 is 24.0 Å². The highest BCUT2D eigenvalue weighted by molar-refractivity contribution is 6.20. The highest BCUT2D eigenvalue weighted by Crippen LogP contribution is 2.54. The molecule has 0 saturated heterocycles. The maximum absolute atomic E-state index is 14.4. The van der Waals surface area contributed by atoms with E-state index in [0.29, 0.717) is 16.9 Å². The number of benzene rings is 6. The number of hydrogen-bond acceptors (Lipinski definition) is 5. The quantitative estimate of drug-likeness (QED) is 0.261. The van der Waals surface area contributed by atoms with Gasteiger partial charge in [-0.15, -0.1) is 12.2 Å². The Kier molecular flexibility index (Phi) is 5.24. The molecule has 0 spiro atoms. The van der Waals surface area contributed by atoms with Crippen LogP contribution in [-0.4, -0.2) is 26.3 Å². The predicted octanol–water partition coefficient (Wildman–Crippen LogP) is 4.87. The maximum atomic E-state index is 14.4. The summed E-state index contributed by atoms with van der Waals surface area (Å²) in [5.41, 5.74) is 16.8. The van der Waals surface area contributed by atoms with Gasteiger partial charge in [0.1, 0.15) is 0 Å². The molecule has 2 atom stereocenters. The van der Waals surface area contributed by atoms with Crippen LogP contribution in [0.4, 0.5) is 17.1 Å². The third kappa shape index (κ3) is 3.27. The van der Waals surface area contributed by atoms with Crippen molar-refractivity contribution in [3.63, 3.8) is 0 Å². The Morgan fingerprint density at radius 1 is 0.564 bits per heavy atom. The molecule has 1 aliphatic carbocycles. The molecule has 0 aromatic heterocycles. The fourth-order valence-electron chi connectivity index (χ4n) is 6.96. The van der Waals surface area contributed by atoms with Crippen LogP contribution in [0, 0.1) is 0 Å². The third-order valence-electron chi connectivity index (χ3n) is 8.58. The van der Waals surface area contributed by atoms with Gasteiger partial charge in [0.25, 0.3) is 0 Å². The molecule has 5 nitrogen and oxygen atoms in total. The molecule has 194 valence electrons. The molecule has 5 heteroatoms. The topological polar surface area (TPSA) is 101 Å². The fraction of sp³-hybridized carbons (Fsp3) is 0.176. The SMILES string of the molecule is CN(C)c1c2cccc(N)c2c(C2C([O-])C(c3c4ccccc4cc4ccccc34)C2[O-])c2c(N)cccc12. The summed E-state index contributed by atoms with van der Waals surface area (Å²) in [4.78, 5) is 2.04. The van der Waals surface area contributed by atoms with Gasteiger partial charge in [-0.1, -0.05) is 72.8 Å². The average molecular weight is 512 g/mol. The first kappa shape index (κ1) is 23.8. The Bertz CT molecular complexity index is 1800. The molecule has 2 unspecified atom stereocenters. The summed E-state index contributed by atoms with van der Waals surface area (Å²) in [5, 5.41) is 36.1. The van der Waals surface area contributed by atoms with Gasteiger partial charge in [0.05, 0.1) is 5.69 Å². The lowest BCUT2D eigenvalue weighted by Gasteiger charge is -2.62. The van der Waals surface area contributed by atoms with E-state index in [4.69, 9.17) is 11.5 Å². The first-order valence-electron chi connectivity index (χ1n) is 13.3. The minimum absolute atomic E-state index is 0.550. The zero-order valence-electron chi connectivity index (χ0n) is 21.9. The van der Waals surface area contributed by atoms with E-state index in [2.05, 4.69) is 6.07 Å². The van der Waals surface area contributed by atoms with Crippen molar-refractivity contribution in [2.24, 2.45) is 0 Å². The molecule has 4 N–H and O–H groups in total. The number of anilines is 3. The zero-order chi connectivity index (χ0) is 27.0. The van der Waals surface area contributed by atoms with Crippen LogP contribution in [0.3, 0.4) is 0 Å². The Balaban J connectivity index is 1.51. The monoisotopic (exact) mass is 511 g/mol. The van der Waals surface area contributed by atoms with Crippen LogP contribution in [0.1, 0.15) is 23.0 Å². The van der Waals surface area contributed by atoms with E-state index in [9.17, 15) is 10.2 Å². The van der Waals surface area contributed by atoms with Gasteiger partial charge in [-0.25, -0.2) is 0 Å². The van der Waals surface area contributed by atoms with E-state index in [1.54, 1.807) is 0 Å². The average Bonchev–Trinajstić information content (AvgIpc) is 2.92. The number of hydrogen-bond donors (Lipinski definition) is 2. The maximum Gasteiger partial charge on any atom is 0.0522 e. The van der Waals surface area contributed by atoms with Crippen molar-refractivity contribution >= 4 is 60.2 Å². The second-order valence-corrected chi connectivity index (χ2v) is 10.9. The summed E-state index contributed by atoms with van der Waals surface area (Å²) in [6.45, 7) is 0. The van der Waals surface area contributed by atoms with Crippen molar-refractivity contribution in [2.75, 3.05) is 30.5 Å². The molecule has 0 bridgehead atoms. The molecule has 1 aliphatic rings. The summed E-state index contributed by atoms with van der Waals surface area (Å²) in [6.07, 6.45) is -2.28. The van der Waals surface area contributed by atoms with Crippen LogP contribution in [0.5, 0.6) is 0 Å². The molecule has 0 radical (unpaired) electrons. The van der Waals surface area contributed by atoms with E-state index in [1.807, 2.05) is 104 Å². The molecule has 1 saturated carbocycles. The van der Waals surface area contributed by atoms with Crippen molar-refractivity contribution in [3.05, 3.63) is 102 Å². The Labute approximate surface area is 226 Å². The predicted molar refractivity (Wildman–Crippen MR) is 159 cm³/mol. The van der Waals surface area contributed by atoms with E-state index in [1.165, 1.54) is 0 Å². The summed E-state index contributed by atoms with van der Waals surface area (Å²) in [5.74, 6) is -1.46. The molecule has 39 heavy (non-hydrogen) atoms. The molecule has 6 aromatic carbocycles. The molecule has 0 aliphatic heterocycles. The summed E-state index contributed by atoms with van der Waals surface area (Å²) < 4.78 is 0. The highest BCUT2D eigenvalue weighted by atomic mass is 16.3. The number of nitrogens with two attached hydrogens (primary N) is 2. The van der Waals surface area contributed by atoms with Gasteiger partial charge in [0, 0.05) is 47.0 Å². The number of rotatable bonds is 3. The first-order valence-corrected chi connectivity index (χ1v) is 13.3. The molecule has 6 aromatic rings. The first-order chi connectivity index (χ1) is 18.9. The minimum Gasteiger partial charge on any atom is -0.851 e. The van der Waals surface area contributed by atoms with Crippen LogP contribution in [0.15, 0.2) is 91.0 Å². The second kappa shape index (κ2) is 8.60. The summed E-state index contributed by atoms with van der Waals surface area (Å²) in [6, 6.07) is 29.7. The Morgan fingerprint density at radius 3 is 1.49 bits per heavy atom. The molecule has 1 fully saturated rings. The van der Waals surface area contributed by atoms with E-state index in [0.717, 1.165) is 54.3 Å². The number of nitrogen functional groups attached to an aromatic ring is 2. The number of nitrogens with zero attached hydrogens (tertiary/aromatic N) is 1. The lowest BCUT2D eigenvalue weighted by molar-refractivity contribution is -0.535. The lowest BCUT2D eigenvalue weighted by Crippen LogP contribution is -2.63. The van der Waals surface area contributed by atoms with Crippen LogP contribution in [0.25, 0.3) is 43.1 Å². The van der Waals surface area contributed by atoms with Gasteiger partial charge in [-0.05, 0) is 62.7 Å². The minimum atomic E-state index is -1.14. The van der Waals surface area contributed by atoms with Gasteiger partial charge in [-0.2, -0.15) is 0 Å². The summed E-state index contributed by atoms with van der Waals surface area (Å²) >= 11 is 0. The van der Waals surface area contributed by atoms with Crippen LogP contribution >= 0.6 is 0 Å². The molecule has 7 rings (SSSR count). The lowest BCUT2D eigenvalue weighted by atomic mass is 9.60. The van der Waals surface area contributed by atoms with Crippen molar-refractivity contribution < 1.29 is 10.2 Å². The molecule has 0 amide bonds. The van der Waals surface area contributed by atoms with Gasteiger partial charge in [0.2, 0.25) is 0 Å². The second-order valence-electron chi connectivity index (χ2n) is 10.9. The molecule has 0 heterocycles. The summed E-state index contributed by atoms with van der Waals surface area (Å²) in [7, 11) is 3.97.